The van der Waals surface area contributed by atoms with Crippen molar-refractivity contribution in [2.45, 2.75) is 38.3 Å². The van der Waals surface area contributed by atoms with Gasteiger partial charge < -0.3 is 24.9 Å². The molecule has 0 saturated heterocycles. The van der Waals surface area contributed by atoms with Crippen LogP contribution >= 0.6 is 0 Å². The van der Waals surface area contributed by atoms with Crippen LogP contribution in [-0.2, 0) is 13.0 Å². The fourth-order valence-electron chi connectivity index (χ4n) is 4.85. The second-order valence-electron chi connectivity index (χ2n) is 8.99. The summed E-state index contributed by atoms with van der Waals surface area (Å²) in [5.41, 5.74) is 2.51. The molecule has 5 rings (SSSR count). The number of urea groups is 1. The van der Waals surface area contributed by atoms with E-state index in [2.05, 4.69) is 15.3 Å². The molecule has 3 N–H and O–H groups in total. The highest BCUT2D eigenvalue weighted by molar-refractivity contribution is 6.12. The standard InChI is InChI=1S/C25H29F2N5O4/c1-35-18-11-19(36-2)21(27)23(20(18)26)31-13-14-12-29-24-17(10-15(30-24)6-7-28-8-9-33)22(14)32(25(31)34)16-4-3-5-16/h10-12,16,28,33H,3-9,13H2,1-2H3,(H,29,30). The number of amides is 2. The van der Waals surface area contributed by atoms with E-state index in [9.17, 15) is 4.79 Å². The van der Waals surface area contributed by atoms with Crippen LogP contribution in [0.25, 0.3) is 11.0 Å². The Morgan fingerprint density at radius 3 is 2.47 bits per heavy atom. The van der Waals surface area contributed by atoms with Gasteiger partial charge in [0.25, 0.3) is 0 Å². The van der Waals surface area contributed by atoms with Gasteiger partial charge in [-0.3, -0.25) is 9.80 Å². The minimum atomic E-state index is -0.963. The van der Waals surface area contributed by atoms with Crippen LogP contribution in [0, 0.1) is 11.6 Å². The molecule has 3 heterocycles. The van der Waals surface area contributed by atoms with E-state index in [1.807, 2.05) is 6.07 Å². The number of aromatic nitrogens is 2. The Hall–Kier alpha value is -3.44. The molecule has 192 valence electrons. The molecule has 0 radical (unpaired) electrons. The van der Waals surface area contributed by atoms with E-state index in [0.717, 1.165) is 47.0 Å². The molecule has 1 fully saturated rings. The van der Waals surface area contributed by atoms with E-state index in [1.165, 1.54) is 14.2 Å². The minimum absolute atomic E-state index is 0.0525. The highest BCUT2D eigenvalue weighted by Gasteiger charge is 2.42. The number of hydrogen-bond acceptors (Lipinski definition) is 6. The molecule has 11 heteroatoms. The summed E-state index contributed by atoms with van der Waals surface area (Å²) in [6.07, 6.45) is 4.92. The maximum atomic E-state index is 15.4. The van der Waals surface area contributed by atoms with Gasteiger partial charge in [-0.15, -0.1) is 0 Å². The Bertz CT molecular complexity index is 1270. The zero-order valence-corrected chi connectivity index (χ0v) is 20.2. The largest absolute Gasteiger partial charge is 0.493 e. The number of benzene rings is 1. The van der Waals surface area contributed by atoms with Crippen LogP contribution in [0.3, 0.4) is 0 Å². The monoisotopic (exact) mass is 501 g/mol. The van der Waals surface area contributed by atoms with Crippen LogP contribution in [0.2, 0.25) is 0 Å². The molecule has 1 aliphatic heterocycles. The third-order valence-corrected chi connectivity index (χ3v) is 6.89. The number of aliphatic hydroxyl groups excluding tert-OH is 1. The number of rotatable bonds is 9. The van der Waals surface area contributed by atoms with E-state index in [0.29, 0.717) is 30.7 Å². The quantitative estimate of drug-likeness (QED) is 0.388. The SMILES string of the molecule is COc1cc(OC)c(F)c(N2Cc3cnc4[nH]c(CCNCCO)cc4c3N(C3CCC3)C2=O)c1F. The van der Waals surface area contributed by atoms with Crippen LogP contribution in [0.4, 0.5) is 25.0 Å². The second kappa shape index (κ2) is 9.90. The van der Waals surface area contributed by atoms with Crippen LogP contribution in [-0.4, -0.2) is 61.1 Å². The van der Waals surface area contributed by atoms with Crippen molar-refractivity contribution in [1.29, 1.82) is 0 Å². The first-order valence-electron chi connectivity index (χ1n) is 12.0. The Morgan fingerprint density at radius 2 is 1.86 bits per heavy atom. The molecule has 0 spiro atoms. The topological polar surface area (TPSA) is 103 Å². The molecule has 9 nitrogen and oxygen atoms in total. The normalized spacial score (nSPS) is 15.9. The number of anilines is 2. The zero-order valence-electron chi connectivity index (χ0n) is 20.2. The number of aliphatic hydroxyl groups is 1. The summed E-state index contributed by atoms with van der Waals surface area (Å²) in [6, 6.07) is 2.53. The summed E-state index contributed by atoms with van der Waals surface area (Å²) in [7, 11) is 2.55. The van der Waals surface area contributed by atoms with E-state index < -0.39 is 23.4 Å². The lowest BCUT2D eigenvalue weighted by atomic mass is 9.89. The maximum Gasteiger partial charge on any atom is 0.329 e. The molecule has 0 unspecified atom stereocenters. The first kappa shape index (κ1) is 24.3. The summed E-state index contributed by atoms with van der Waals surface area (Å²) >= 11 is 0. The number of ether oxygens (including phenoxy) is 2. The summed E-state index contributed by atoms with van der Waals surface area (Å²) in [6.45, 7) is 1.20. The molecule has 2 aliphatic rings. The van der Waals surface area contributed by atoms with Crippen molar-refractivity contribution in [1.82, 2.24) is 15.3 Å². The molecule has 0 atom stereocenters. The van der Waals surface area contributed by atoms with Crippen molar-refractivity contribution in [3.63, 3.8) is 0 Å². The molecule has 1 aromatic carbocycles. The van der Waals surface area contributed by atoms with Gasteiger partial charge in [0, 0.05) is 54.5 Å². The number of hydrogen-bond donors (Lipinski definition) is 3. The number of methoxy groups -OCH3 is 2. The van der Waals surface area contributed by atoms with Crippen LogP contribution in [0.5, 0.6) is 11.5 Å². The number of H-pyrrole nitrogens is 1. The third kappa shape index (κ3) is 4.01. The predicted octanol–water partition coefficient (Wildman–Crippen LogP) is 3.48. The molecule has 3 aromatic rings. The molecular weight excluding hydrogens is 472 g/mol. The van der Waals surface area contributed by atoms with Crippen molar-refractivity contribution in [2.75, 3.05) is 43.7 Å². The van der Waals surface area contributed by atoms with Crippen molar-refractivity contribution in [2.24, 2.45) is 0 Å². The van der Waals surface area contributed by atoms with Crippen LogP contribution in [0.1, 0.15) is 30.5 Å². The van der Waals surface area contributed by atoms with Gasteiger partial charge in [0.15, 0.2) is 23.1 Å². The van der Waals surface area contributed by atoms with Crippen molar-refractivity contribution in [3.8, 4) is 11.5 Å². The minimum Gasteiger partial charge on any atom is -0.493 e. The smallest absolute Gasteiger partial charge is 0.329 e. The molecule has 2 amide bonds. The second-order valence-corrected chi connectivity index (χ2v) is 8.99. The van der Waals surface area contributed by atoms with Gasteiger partial charge in [0.05, 0.1) is 33.1 Å². The molecule has 1 aliphatic carbocycles. The van der Waals surface area contributed by atoms with Gasteiger partial charge in [0.1, 0.15) is 11.3 Å². The Morgan fingerprint density at radius 1 is 1.14 bits per heavy atom. The lowest BCUT2D eigenvalue weighted by molar-refractivity contribution is 0.241. The fourth-order valence-corrected chi connectivity index (χ4v) is 4.85. The number of halogens is 2. The van der Waals surface area contributed by atoms with Gasteiger partial charge in [-0.25, -0.2) is 18.6 Å². The lowest BCUT2D eigenvalue weighted by Gasteiger charge is -2.44. The number of fused-ring (bicyclic) bond motifs is 3. The molecule has 36 heavy (non-hydrogen) atoms. The fraction of sp³-hybridized carbons (Fsp3) is 0.440. The van der Waals surface area contributed by atoms with E-state index >= 15 is 8.78 Å². The molecule has 0 bridgehead atoms. The summed E-state index contributed by atoms with van der Waals surface area (Å²) in [5, 5.41) is 12.9. The first-order valence-corrected chi connectivity index (χ1v) is 12.0. The highest BCUT2D eigenvalue weighted by Crippen LogP contribution is 2.44. The summed E-state index contributed by atoms with van der Waals surface area (Å²) in [5.74, 6) is -2.35. The number of carbonyl (C=O) groups excluding carboxylic acids is 1. The molecule has 2 aromatic heterocycles. The van der Waals surface area contributed by atoms with Crippen molar-refractivity contribution >= 4 is 28.4 Å². The van der Waals surface area contributed by atoms with Gasteiger partial charge in [-0.1, -0.05) is 0 Å². The Kier molecular flexibility index (Phi) is 6.67. The average Bonchev–Trinajstić information content (AvgIpc) is 3.26. The zero-order chi connectivity index (χ0) is 25.4. The summed E-state index contributed by atoms with van der Waals surface area (Å²) < 4.78 is 40.9. The van der Waals surface area contributed by atoms with Gasteiger partial charge >= 0.3 is 6.03 Å². The molecule has 1 saturated carbocycles. The van der Waals surface area contributed by atoms with Crippen LogP contribution in [0.15, 0.2) is 18.3 Å². The highest BCUT2D eigenvalue weighted by atomic mass is 19.1. The van der Waals surface area contributed by atoms with Crippen molar-refractivity contribution < 1.29 is 28.2 Å². The number of pyridine rings is 1. The maximum absolute atomic E-state index is 15.4. The van der Waals surface area contributed by atoms with Crippen molar-refractivity contribution in [3.05, 3.63) is 41.2 Å². The van der Waals surface area contributed by atoms with E-state index in [1.54, 1.807) is 11.1 Å². The Labute approximate surface area is 207 Å². The number of nitrogens with one attached hydrogen (secondary N) is 2. The number of aromatic amines is 1. The summed E-state index contributed by atoms with van der Waals surface area (Å²) in [4.78, 5) is 24.5. The molecular formula is C25H29F2N5O4. The van der Waals surface area contributed by atoms with Gasteiger partial charge in [0.2, 0.25) is 0 Å². The van der Waals surface area contributed by atoms with Crippen LogP contribution < -0.4 is 24.6 Å². The van der Waals surface area contributed by atoms with Gasteiger partial charge in [-0.2, -0.15) is 0 Å². The number of carbonyl (C=O) groups is 1. The lowest BCUT2D eigenvalue weighted by Crippen LogP contribution is -2.54. The van der Waals surface area contributed by atoms with E-state index in [4.69, 9.17) is 14.6 Å². The Balaban J connectivity index is 1.59. The predicted molar refractivity (Wildman–Crippen MR) is 131 cm³/mol. The number of nitrogens with zero attached hydrogens (tertiary/aromatic N) is 3. The average molecular weight is 502 g/mol. The third-order valence-electron chi connectivity index (χ3n) is 6.89. The van der Waals surface area contributed by atoms with Gasteiger partial charge in [-0.05, 0) is 25.3 Å². The van der Waals surface area contributed by atoms with E-state index in [-0.39, 0.29) is 30.7 Å². The first-order chi connectivity index (χ1) is 17.5.